The minimum absolute atomic E-state index is 0.245. The van der Waals surface area contributed by atoms with E-state index in [1.165, 1.54) is 36.6 Å². The molecule has 0 saturated heterocycles. The predicted octanol–water partition coefficient (Wildman–Crippen LogP) is 6.39. The molecule has 0 heterocycles. The molecule has 0 atom stereocenters. The third-order valence-corrected chi connectivity index (χ3v) is 6.24. The first-order chi connectivity index (χ1) is 19.8. The van der Waals surface area contributed by atoms with Crippen molar-refractivity contribution in [1.82, 2.24) is 0 Å². The number of rotatable bonds is 15. The van der Waals surface area contributed by atoms with Gasteiger partial charge in [0, 0.05) is 17.5 Å². The van der Waals surface area contributed by atoms with Gasteiger partial charge in [-0.05, 0) is 91.8 Å². The highest BCUT2D eigenvalue weighted by Gasteiger charge is 2.09. The van der Waals surface area contributed by atoms with Gasteiger partial charge in [-0.3, -0.25) is 0 Å². The number of hydrogen-bond acceptors (Lipinski definition) is 8. The zero-order valence-electron chi connectivity index (χ0n) is 23.5. The summed E-state index contributed by atoms with van der Waals surface area (Å²) in [6.45, 7) is 2.68. The Morgan fingerprint density at radius 2 is 1.32 bits per heavy atom. The zero-order chi connectivity index (χ0) is 29.5. The lowest BCUT2D eigenvalue weighted by Crippen LogP contribution is -2.09. The summed E-state index contributed by atoms with van der Waals surface area (Å²) < 4.78 is 15.9. The number of ether oxygens (including phenoxy) is 3. The largest absolute Gasteiger partial charge is 0.462 e. The Balaban J connectivity index is 1.31. The smallest absolute Gasteiger partial charge is 0.338 e. The summed E-state index contributed by atoms with van der Waals surface area (Å²) >= 11 is 0. The molecule has 0 fully saturated rings. The number of anilines is 2. The fourth-order valence-corrected chi connectivity index (χ4v) is 4.02. The van der Waals surface area contributed by atoms with Crippen molar-refractivity contribution in [3.8, 4) is 5.75 Å². The number of unbranched alkanes of at least 4 members (excludes halogenated alkanes) is 4. The lowest BCUT2D eigenvalue weighted by atomic mass is 10.1. The van der Waals surface area contributed by atoms with Gasteiger partial charge < -0.3 is 25.7 Å². The summed E-state index contributed by atoms with van der Waals surface area (Å²) in [6.07, 6.45) is 9.54. The molecule has 3 aromatic rings. The minimum atomic E-state index is -0.478. The van der Waals surface area contributed by atoms with Crippen LogP contribution in [0.2, 0.25) is 0 Å². The molecule has 0 aliphatic heterocycles. The maximum atomic E-state index is 12.3. The number of esters is 3. The van der Waals surface area contributed by atoms with Crippen molar-refractivity contribution in [2.45, 2.75) is 51.9 Å². The Hall–Kier alpha value is -4.59. The van der Waals surface area contributed by atoms with Gasteiger partial charge in [0.05, 0.1) is 24.3 Å². The number of hydrogen-bond donors (Lipinski definition) is 2. The van der Waals surface area contributed by atoms with E-state index in [0.29, 0.717) is 41.1 Å². The number of benzene rings is 3. The third-order valence-electron chi connectivity index (χ3n) is 6.24. The van der Waals surface area contributed by atoms with Crippen molar-refractivity contribution in [2.75, 3.05) is 24.7 Å². The summed E-state index contributed by atoms with van der Waals surface area (Å²) in [5.74, 6) is -0.880. The van der Waals surface area contributed by atoms with E-state index in [0.717, 1.165) is 24.8 Å². The van der Waals surface area contributed by atoms with Gasteiger partial charge in [0.2, 0.25) is 0 Å². The van der Waals surface area contributed by atoms with Crippen LogP contribution in [0.15, 0.2) is 72.8 Å². The molecule has 0 aromatic heterocycles. The fourth-order valence-electron chi connectivity index (χ4n) is 4.02. The molecule has 216 valence electrons. The van der Waals surface area contributed by atoms with Crippen LogP contribution in [0.3, 0.4) is 0 Å². The lowest BCUT2D eigenvalue weighted by molar-refractivity contribution is -0.128. The van der Waals surface area contributed by atoms with E-state index in [-0.39, 0.29) is 13.2 Å². The summed E-state index contributed by atoms with van der Waals surface area (Å²) in [7, 11) is 0. The predicted molar refractivity (Wildman–Crippen MR) is 160 cm³/mol. The molecule has 8 nitrogen and oxygen atoms in total. The average Bonchev–Trinajstić information content (AvgIpc) is 2.96. The van der Waals surface area contributed by atoms with Crippen molar-refractivity contribution in [1.29, 1.82) is 0 Å². The lowest BCUT2D eigenvalue weighted by Gasteiger charge is -2.07. The molecule has 0 amide bonds. The molecule has 3 rings (SSSR count). The van der Waals surface area contributed by atoms with Gasteiger partial charge in [-0.15, -0.1) is 0 Å². The van der Waals surface area contributed by atoms with Crippen LogP contribution in [0.4, 0.5) is 11.4 Å². The van der Waals surface area contributed by atoms with E-state index >= 15 is 0 Å². The Kier molecular flexibility index (Phi) is 12.5. The molecule has 0 unspecified atom stereocenters. The van der Waals surface area contributed by atoms with Gasteiger partial charge in [0.1, 0.15) is 5.75 Å². The molecule has 0 aliphatic rings. The van der Waals surface area contributed by atoms with E-state index in [4.69, 9.17) is 25.7 Å². The molecular weight excluding hydrogens is 520 g/mol. The molecule has 8 heteroatoms. The number of aryl methyl sites for hydroxylation is 1. The first-order valence-corrected chi connectivity index (χ1v) is 13.9. The molecule has 41 heavy (non-hydrogen) atoms. The standard InChI is InChI=1S/C33H38N2O6/c1-2-3-5-8-24-11-16-30(17-12-24)41-31(36)18-13-25-9-14-26(15-10-25)32(37)39-19-6-4-7-20-40-33(38)27-21-28(34)23-29(35)22-27/h9-18,21-23H,2-8,19-20,34-35H2,1H3/b18-13+. The Bertz CT molecular complexity index is 1300. The fraction of sp³-hybridized carbons (Fsp3) is 0.303. The van der Waals surface area contributed by atoms with Crippen molar-refractivity contribution < 1.29 is 28.6 Å². The van der Waals surface area contributed by atoms with Crippen LogP contribution in [-0.2, 0) is 20.7 Å². The SMILES string of the molecule is CCCCCc1ccc(OC(=O)/C=C/c2ccc(C(=O)OCCCCCOC(=O)c3cc(N)cc(N)c3)cc2)cc1. The summed E-state index contributed by atoms with van der Waals surface area (Å²) in [6, 6.07) is 18.9. The monoisotopic (exact) mass is 558 g/mol. The summed E-state index contributed by atoms with van der Waals surface area (Å²) in [5, 5.41) is 0. The number of carbonyl (C=O) groups excluding carboxylic acids is 3. The maximum absolute atomic E-state index is 12.3. The van der Waals surface area contributed by atoms with Gasteiger partial charge >= 0.3 is 17.9 Å². The van der Waals surface area contributed by atoms with E-state index in [9.17, 15) is 14.4 Å². The third kappa shape index (κ3) is 11.2. The van der Waals surface area contributed by atoms with Crippen LogP contribution >= 0.6 is 0 Å². The van der Waals surface area contributed by atoms with Crippen molar-refractivity contribution in [3.63, 3.8) is 0 Å². The molecule has 4 N–H and O–H groups in total. The average molecular weight is 559 g/mol. The molecule has 0 aliphatic carbocycles. The van der Waals surface area contributed by atoms with Crippen molar-refractivity contribution in [3.05, 3.63) is 95.1 Å². The van der Waals surface area contributed by atoms with Crippen LogP contribution in [-0.4, -0.2) is 31.1 Å². The number of carbonyl (C=O) groups is 3. The van der Waals surface area contributed by atoms with Crippen LogP contribution in [0.25, 0.3) is 6.08 Å². The molecule has 0 radical (unpaired) electrons. The van der Waals surface area contributed by atoms with E-state index < -0.39 is 17.9 Å². The van der Waals surface area contributed by atoms with Gasteiger partial charge in [-0.1, -0.05) is 44.0 Å². The highest BCUT2D eigenvalue weighted by Crippen LogP contribution is 2.16. The molecule has 0 saturated carbocycles. The summed E-state index contributed by atoms with van der Waals surface area (Å²) in [5.41, 5.74) is 14.9. The Labute approximate surface area is 241 Å². The second-order valence-electron chi connectivity index (χ2n) is 9.70. The second kappa shape index (κ2) is 16.5. The molecule has 0 spiro atoms. The highest BCUT2D eigenvalue weighted by atomic mass is 16.5. The van der Waals surface area contributed by atoms with Gasteiger partial charge in [-0.25, -0.2) is 14.4 Å². The minimum Gasteiger partial charge on any atom is -0.462 e. The van der Waals surface area contributed by atoms with Crippen LogP contribution in [0.5, 0.6) is 5.75 Å². The topological polar surface area (TPSA) is 131 Å². The first-order valence-electron chi connectivity index (χ1n) is 13.9. The quantitative estimate of drug-likeness (QED) is 0.0722. The summed E-state index contributed by atoms with van der Waals surface area (Å²) in [4.78, 5) is 36.6. The number of nitrogen functional groups attached to an aromatic ring is 2. The molecular formula is C33H38N2O6. The van der Waals surface area contributed by atoms with E-state index in [1.807, 2.05) is 24.3 Å². The van der Waals surface area contributed by atoms with Crippen molar-refractivity contribution >= 4 is 35.4 Å². The molecule has 3 aromatic carbocycles. The Morgan fingerprint density at radius 1 is 0.707 bits per heavy atom. The first kappa shape index (κ1) is 30.9. The van der Waals surface area contributed by atoms with Crippen LogP contribution in [0.1, 0.15) is 77.3 Å². The van der Waals surface area contributed by atoms with Crippen LogP contribution < -0.4 is 16.2 Å². The normalized spacial score (nSPS) is 10.9. The Morgan fingerprint density at radius 3 is 1.93 bits per heavy atom. The van der Waals surface area contributed by atoms with Crippen LogP contribution in [0, 0.1) is 0 Å². The molecule has 0 bridgehead atoms. The maximum Gasteiger partial charge on any atom is 0.338 e. The van der Waals surface area contributed by atoms with Gasteiger partial charge in [-0.2, -0.15) is 0 Å². The van der Waals surface area contributed by atoms with E-state index in [2.05, 4.69) is 6.92 Å². The zero-order valence-corrected chi connectivity index (χ0v) is 23.5. The van der Waals surface area contributed by atoms with Gasteiger partial charge in [0.25, 0.3) is 0 Å². The number of nitrogens with two attached hydrogens (primary N) is 2. The highest BCUT2D eigenvalue weighted by molar-refractivity contribution is 5.92. The second-order valence-corrected chi connectivity index (χ2v) is 9.70. The van der Waals surface area contributed by atoms with E-state index in [1.54, 1.807) is 36.4 Å². The van der Waals surface area contributed by atoms with Gasteiger partial charge in [0.15, 0.2) is 0 Å². The van der Waals surface area contributed by atoms with Crippen molar-refractivity contribution in [2.24, 2.45) is 0 Å².